The molecule has 0 radical (unpaired) electrons. The summed E-state index contributed by atoms with van der Waals surface area (Å²) in [4.78, 5) is 0. The Kier molecular flexibility index (Phi) is 3.27. The molecule has 2 aromatic heterocycles. The van der Waals surface area contributed by atoms with Gasteiger partial charge < -0.3 is 4.57 Å². The second kappa shape index (κ2) is 4.80. The Bertz CT molecular complexity index is 755. The number of aryl methyl sites for hydroxylation is 2. The SMILES string of the molecule is Cc1nn(C)c(Cn2ccc3c(Br)cccc32)c1Br. The highest BCUT2D eigenvalue weighted by Gasteiger charge is 2.12. The molecule has 0 atom stereocenters. The van der Waals surface area contributed by atoms with Gasteiger partial charge in [-0.3, -0.25) is 4.68 Å². The molecule has 98 valence electrons. The molecule has 0 aliphatic carbocycles. The highest BCUT2D eigenvalue weighted by molar-refractivity contribution is 9.11. The smallest absolute Gasteiger partial charge is 0.0739 e. The van der Waals surface area contributed by atoms with Crippen LogP contribution in [-0.4, -0.2) is 14.3 Å². The maximum Gasteiger partial charge on any atom is 0.0739 e. The van der Waals surface area contributed by atoms with E-state index >= 15 is 0 Å². The number of nitrogens with zero attached hydrogens (tertiary/aromatic N) is 3. The third-order valence-corrected chi connectivity index (χ3v) is 5.07. The van der Waals surface area contributed by atoms with Gasteiger partial charge in [-0.1, -0.05) is 22.0 Å². The first kappa shape index (κ1) is 12.9. The summed E-state index contributed by atoms with van der Waals surface area (Å²) in [6.45, 7) is 2.82. The van der Waals surface area contributed by atoms with E-state index in [1.165, 1.54) is 16.6 Å². The molecule has 0 N–H and O–H groups in total. The molecule has 0 saturated carbocycles. The van der Waals surface area contributed by atoms with Crippen molar-refractivity contribution >= 4 is 42.8 Å². The van der Waals surface area contributed by atoms with Gasteiger partial charge in [-0.05, 0) is 41.1 Å². The molecule has 3 rings (SSSR count). The molecule has 0 fully saturated rings. The maximum absolute atomic E-state index is 4.44. The summed E-state index contributed by atoms with van der Waals surface area (Å²) in [5, 5.41) is 5.67. The summed E-state index contributed by atoms with van der Waals surface area (Å²) in [7, 11) is 1.98. The number of aromatic nitrogens is 3. The van der Waals surface area contributed by atoms with E-state index in [4.69, 9.17) is 0 Å². The van der Waals surface area contributed by atoms with Gasteiger partial charge in [0.25, 0.3) is 0 Å². The summed E-state index contributed by atoms with van der Waals surface area (Å²) < 4.78 is 6.39. The van der Waals surface area contributed by atoms with Gasteiger partial charge in [0.2, 0.25) is 0 Å². The van der Waals surface area contributed by atoms with Crippen molar-refractivity contribution in [2.45, 2.75) is 13.5 Å². The Morgan fingerprint density at radius 1 is 1.21 bits per heavy atom. The quantitative estimate of drug-likeness (QED) is 0.649. The molecule has 0 bridgehead atoms. The van der Waals surface area contributed by atoms with Gasteiger partial charge in [0, 0.05) is 28.6 Å². The molecule has 5 heteroatoms. The van der Waals surface area contributed by atoms with Crippen molar-refractivity contribution in [3.8, 4) is 0 Å². The Hall–Kier alpha value is -1.07. The average Bonchev–Trinajstić information content (AvgIpc) is 2.88. The zero-order valence-corrected chi connectivity index (χ0v) is 13.9. The number of hydrogen-bond donors (Lipinski definition) is 0. The predicted molar refractivity (Wildman–Crippen MR) is 84.4 cm³/mol. The number of hydrogen-bond acceptors (Lipinski definition) is 1. The minimum atomic E-state index is 0.803. The lowest BCUT2D eigenvalue weighted by molar-refractivity contribution is 0.671. The van der Waals surface area contributed by atoms with Crippen molar-refractivity contribution in [1.29, 1.82) is 0 Å². The van der Waals surface area contributed by atoms with Crippen LogP contribution in [0.3, 0.4) is 0 Å². The third kappa shape index (κ3) is 2.15. The van der Waals surface area contributed by atoms with Crippen LogP contribution < -0.4 is 0 Å². The van der Waals surface area contributed by atoms with E-state index in [0.29, 0.717) is 0 Å². The van der Waals surface area contributed by atoms with Gasteiger partial charge in [-0.25, -0.2) is 0 Å². The molecule has 19 heavy (non-hydrogen) atoms. The number of halogens is 2. The van der Waals surface area contributed by atoms with Crippen LogP contribution in [0.4, 0.5) is 0 Å². The van der Waals surface area contributed by atoms with Gasteiger partial charge in [0.15, 0.2) is 0 Å². The van der Waals surface area contributed by atoms with Crippen LogP contribution in [0, 0.1) is 6.92 Å². The van der Waals surface area contributed by atoms with E-state index in [-0.39, 0.29) is 0 Å². The topological polar surface area (TPSA) is 22.8 Å². The number of rotatable bonds is 2. The fraction of sp³-hybridized carbons (Fsp3) is 0.214. The Morgan fingerprint density at radius 3 is 2.68 bits per heavy atom. The van der Waals surface area contributed by atoms with Crippen molar-refractivity contribution in [2.24, 2.45) is 7.05 Å². The van der Waals surface area contributed by atoms with Crippen molar-refractivity contribution < 1.29 is 0 Å². The van der Waals surface area contributed by atoms with E-state index in [0.717, 1.165) is 21.2 Å². The second-order valence-electron chi connectivity index (χ2n) is 4.59. The summed E-state index contributed by atoms with van der Waals surface area (Å²) in [5.41, 5.74) is 3.42. The van der Waals surface area contributed by atoms with E-state index < -0.39 is 0 Å². The van der Waals surface area contributed by atoms with E-state index in [1.807, 2.05) is 18.7 Å². The molecule has 0 saturated heterocycles. The normalized spacial score (nSPS) is 11.4. The second-order valence-corrected chi connectivity index (χ2v) is 6.23. The Balaban J connectivity index is 2.09. The van der Waals surface area contributed by atoms with Crippen LogP contribution in [0.2, 0.25) is 0 Å². The van der Waals surface area contributed by atoms with Gasteiger partial charge in [0.1, 0.15) is 0 Å². The summed E-state index contributed by atoms with van der Waals surface area (Å²) in [5.74, 6) is 0. The summed E-state index contributed by atoms with van der Waals surface area (Å²) >= 11 is 7.21. The zero-order valence-electron chi connectivity index (χ0n) is 10.7. The lowest BCUT2D eigenvalue weighted by atomic mass is 10.2. The van der Waals surface area contributed by atoms with Crippen LogP contribution in [0.25, 0.3) is 10.9 Å². The third-order valence-electron chi connectivity index (χ3n) is 3.34. The monoisotopic (exact) mass is 381 g/mol. The first-order chi connectivity index (χ1) is 9.08. The van der Waals surface area contributed by atoms with Gasteiger partial charge in [0.05, 0.1) is 22.4 Å². The molecule has 2 heterocycles. The van der Waals surface area contributed by atoms with Crippen LogP contribution >= 0.6 is 31.9 Å². The van der Waals surface area contributed by atoms with Crippen molar-refractivity contribution in [2.75, 3.05) is 0 Å². The largest absolute Gasteiger partial charge is 0.341 e. The predicted octanol–water partition coefficient (Wildman–Crippen LogP) is 4.26. The zero-order chi connectivity index (χ0) is 13.6. The van der Waals surface area contributed by atoms with Gasteiger partial charge in [-0.2, -0.15) is 5.10 Å². The molecular weight excluding hydrogens is 370 g/mol. The minimum Gasteiger partial charge on any atom is -0.341 e. The first-order valence-electron chi connectivity index (χ1n) is 5.99. The number of fused-ring (bicyclic) bond motifs is 1. The molecule has 0 aliphatic rings. The Morgan fingerprint density at radius 2 is 2.00 bits per heavy atom. The van der Waals surface area contributed by atoms with Crippen LogP contribution in [0.5, 0.6) is 0 Å². The fourth-order valence-corrected chi connectivity index (χ4v) is 3.29. The highest BCUT2D eigenvalue weighted by atomic mass is 79.9. The van der Waals surface area contributed by atoms with Crippen molar-refractivity contribution in [3.05, 3.63) is 50.8 Å². The molecular formula is C14H13Br2N3. The maximum atomic E-state index is 4.44. The first-order valence-corrected chi connectivity index (χ1v) is 7.58. The van der Waals surface area contributed by atoms with E-state index in [1.54, 1.807) is 0 Å². The number of benzene rings is 1. The standard InChI is InChI=1S/C14H13Br2N3/c1-9-14(16)13(18(2)17-9)8-19-7-6-10-11(15)4-3-5-12(10)19/h3-7H,8H2,1-2H3. The lowest BCUT2D eigenvalue weighted by Crippen LogP contribution is -2.05. The average molecular weight is 383 g/mol. The summed E-state index contributed by atoms with van der Waals surface area (Å²) in [6.07, 6.45) is 2.12. The molecule has 1 aromatic carbocycles. The molecule has 0 spiro atoms. The van der Waals surface area contributed by atoms with Crippen LogP contribution in [0.15, 0.2) is 39.4 Å². The fourth-order valence-electron chi connectivity index (χ4n) is 2.34. The molecule has 3 aromatic rings. The minimum absolute atomic E-state index is 0.803. The van der Waals surface area contributed by atoms with Crippen molar-refractivity contribution in [3.63, 3.8) is 0 Å². The van der Waals surface area contributed by atoms with E-state index in [9.17, 15) is 0 Å². The van der Waals surface area contributed by atoms with E-state index in [2.05, 4.69) is 72.0 Å². The molecule has 0 unspecified atom stereocenters. The van der Waals surface area contributed by atoms with Crippen LogP contribution in [0.1, 0.15) is 11.4 Å². The van der Waals surface area contributed by atoms with Gasteiger partial charge in [-0.15, -0.1) is 0 Å². The highest BCUT2D eigenvalue weighted by Crippen LogP contribution is 2.27. The molecule has 0 amide bonds. The molecule has 3 nitrogen and oxygen atoms in total. The van der Waals surface area contributed by atoms with Crippen LogP contribution in [-0.2, 0) is 13.6 Å². The molecule has 0 aliphatic heterocycles. The Labute approximate surface area is 128 Å². The van der Waals surface area contributed by atoms with Gasteiger partial charge >= 0.3 is 0 Å². The van der Waals surface area contributed by atoms with Crippen molar-refractivity contribution in [1.82, 2.24) is 14.3 Å². The lowest BCUT2D eigenvalue weighted by Gasteiger charge is -2.07. The summed E-state index contributed by atoms with van der Waals surface area (Å²) in [6, 6.07) is 8.40.